The van der Waals surface area contributed by atoms with E-state index < -0.39 is 0 Å². The van der Waals surface area contributed by atoms with Gasteiger partial charge in [-0.1, -0.05) is 13.0 Å². The summed E-state index contributed by atoms with van der Waals surface area (Å²) in [6.07, 6.45) is 6.81. The average Bonchev–Trinajstić information content (AvgIpc) is 3.61. The van der Waals surface area contributed by atoms with Crippen LogP contribution in [0.2, 0.25) is 0 Å². The summed E-state index contributed by atoms with van der Waals surface area (Å²) in [5.41, 5.74) is 4.88. The highest BCUT2D eigenvalue weighted by atomic mass is 32.1. The first-order valence-electron chi connectivity index (χ1n) is 12.2. The summed E-state index contributed by atoms with van der Waals surface area (Å²) in [5, 5.41) is 7.16. The van der Waals surface area contributed by atoms with E-state index in [-0.39, 0.29) is 24.1 Å². The molecular formula is C27H31N5O2S. The summed E-state index contributed by atoms with van der Waals surface area (Å²) in [6.45, 7) is 5.50. The Hall–Kier alpha value is -3.23. The van der Waals surface area contributed by atoms with Crippen molar-refractivity contribution in [1.29, 1.82) is 0 Å². The summed E-state index contributed by atoms with van der Waals surface area (Å²) in [7, 11) is 0. The van der Waals surface area contributed by atoms with Crippen LogP contribution in [0.5, 0.6) is 0 Å². The number of nitrogens with zero attached hydrogens (tertiary/aromatic N) is 3. The van der Waals surface area contributed by atoms with Gasteiger partial charge in [-0.15, -0.1) is 0 Å². The SMILES string of the molecule is CCC(=O)Nc1ccc(N2C(=S)N[C@@H](c3ccccn3)[C@@H]2c2cccn2C[C@@H]2CCCO2)cc1C. The Bertz CT molecular complexity index is 1210. The van der Waals surface area contributed by atoms with E-state index in [0.29, 0.717) is 11.5 Å². The predicted molar refractivity (Wildman–Crippen MR) is 141 cm³/mol. The summed E-state index contributed by atoms with van der Waals surface area (Å²) in [6, 6.07) is 16.1. The number of hydrogen-bond donors (Lipinski definition) is 2. The van der Waals surface area contributed by atoms with Gasteiger partial charge in [0.15, 0.2) is 5.11 Å². The quantitative estimate of drug-likeness (QED) is 0.460. The van der Waals surface area contributed by atoms with Crippen LogP contribution < -0.4 is 15.5 Å². The van der Waals surface area contributed by atoms with Crippen LogP contribution in [0.1, 0.15) is 55.2 Å². The van der Waals surface area contributed by atoms with E-state index in [0.717, 1.165) is 54.3 Å². The van der Waals surface area contributed by atoms with Crippen LogP contribution >= 0.6 is 12.2 Å². The van der Waals surface area contributed by atoms with Crippen molar-refractivity contribution in [3.63, 3.8) is 0 Å². The van der Waals surface area contributed by atoms with Gasteiger partial charge < -0.3 is 24.8 Å². The minimum Gasteiger partial charge on any atom is -0.376 e. The minimum absolute atomic E-state index is 0.000684. The topological polar surface area (TPSA) is 71.4 Å². The summed E-state index contributed by atoms with van der Waals surface area (Å²) in [5.74, 6) is -0.000684. The molecule has 2 saturated heterocycles. The second-order valence-corrected chi connectivity index (χ2v) is 9.50. The smallest absolute Gasteiger partial charge is 0.224 e. The number of carbonyl (C=O) groups excluding carboxylic acids is 1. The molecule has 2 N–H and O–H groups in total. The standard InChI is InChI=1S/C27H31N5O2S/c1-3-24(33)29-21-12-11-19(16-18(21)2)32-26(25(30-27(32)35)22-9-4-5-13-28-22)23-10-6-14-31(23)17-20-8-7-15-34-20/h4-6,9-14,16,20,25-26H,3,7-8,15,17H2,1-2H3,(H,29,33)(H,30,35)/t20-,25-,26-/m0/s1. The number of thiocarbonyl (C=S) groups is 1. The van der Waals surface area contributed by atoms with Crippen LogP contribution in [0.25, 0.3) is 0 Å². The number of aromatic nitrogens is 2. The second kappa shape index (κ2) is 10.2. The maximum absolute atomic E-state index is 11.9. The molecule has 8 heteroatoms. The first kappa shape index (κ1) is 23.5. The van der Waals surface area contributed by atoms with Gasteiger partial charge in [0, 0.05) is 49.0 Å². The number of nitrogens with one attached hydrogen (secondary N) is 2. The Balaban J connectivity index is 1.54. The highest BCUT2D eigenvalue weighted by Gasteiger charge is 2.42. The fourth-order valence-corrected chi connectivity index (χ4v) is 5.33. The van der Waals surface area contributed by atoms with E-state index in [9.17, 15) is 4.79 Å². The van der Waals surface area contributed by atoms with Crippen molar-refractivity contribution in [2.24, 2.45) is 0 Å². The summed E-state index contributed by atoms with van der Waals surface area (Å²) < 4.78 is 8.23. The number of anilines is 2. The lowest BCUT2D eigenvalue weighted by Crippen LogP contribution is -2.31. The molecule has 0 unspecified atom stereocenters. The van der Waals surface area contributed by atoms with Crippen LogP contribution in [0.4, 0.5) is 11.4 Å². The number of aryl methyl sites for hydroxylation is 1. The van der Waals surface area contributed by atoms with E-state index >= 15 is 0 Å². The van der Waals surface area contributed by atoms with Crippen LogP contribution in [0.15, 0.2) is 60.9 Å². The number of rotatable bonds is 7. The predicted octanol–water partition coefficient (Wildman–Crippen LogP) is 4.90. The van der Waals surface area contributed by atoms with Crippen LogP contribution in [0.3, 0.4) is 0 Å². The molecule has 2 fully saturated rings. The normalized spacial score (nSPS) is 21.8. The van der Waals surface area contributed by atoms with Gasteiger partial charge in [0.05, 0.1) is 17.8 Å². The van der Waals surface area contributed by atoms with Crippen molar-refractivity contribution in [2.45, 2.75) is 57.8 Å². The van der Waals surface area contributed by atoms with E-state index in [1.807, 2.05) is 50.4 Å². The molecule has 0 bridgehead atoms. The lowest BCUT2D eigenvalue weighted by molar-refractivity contribution is -0.115. The molecule has 2 aliphatic rings. The number of benzene rings is 1. The molecule has 0 radical (unpaired) electrons. The van der Waals surface area contributed by atoms with Crippen LogP contribution in [-0.4, -0.2) is 33.3 Å². The van der Waals surface area contributed by atoms with Crippen molar-refractivity contribution >= 4 is 34.6 Å². The third kappa shape index (κ3) is 4.81. The number of pyridine rings is 1. The van der Waals surface area contributed by atoms with Gasteiger partial charge in [-0.3, -0.25) is 9.78 Å². The van der Waals surface area contributed by atoms with E-state index in [2.05, 4.69) is 49.5 Å². The van der Waals surface area contributed by atoms with Crippen molar-refractivity contribution in [1.82, 2.24) is 14.9 Å². The Morgan fingerprint density at radius 1 is 1.26 bits per heavy atom. The zero-order valence-corrected chi connectivity index (χ0v) is 20.9. The highest BCUT2D eigenvalue weighted by molar-refractivity contribution is 7.80. The van der Waals surface area contributed by atoms with Crippen LogP contribution in [0, 0.1) is 6.92 Å². The third-order valence-electron chi connectivity index (χ3n) is 6.77. The monoisotopic (exact) mass is 489 g/mol. The lowest BCUT2D eigenvalue weighted by atomic mass is 10.0. The molecule has 1 amide bonds. The number of carbonyl (C=O) groups is 1. The molecule has 2 aromatic heterocycles. The van der Waals surface area contributed by atoms with Gasteiger partial charge in [0.2, 0.25) is 5.91 Å². The largest absolute Gasteiger partial charge is 0.376 e. The van der Waals surface area contributed by atoms with Crippen LogP contribution in [-0.2, 0) is 16.1 Å². The fourth-order valence-electron chi connectivity index (χ4n) is 4.98. The summed E-state index contributed by atoms with van der Waals surface area (Å²) >= 11 is 5.89. The number of hydrogen-bond acceptors (Lipinski definition) is 4. The van der Waals surface area contributed by atoms with E-state index in [1.54, 1.807) is 0 Å². The molecule has 2 aliphatic heterocycles. The second-order valence-electron chi connectivity index (χ2n) is 9.12. The molecule has 0 saturated carbocycles. The van der Waals surface area contributed by atoms with Crippen molar-refractivity contribution in [3.8, 4) is 0 Å². The molecule has 4 heterocycles. The maximum atomic E-state index is 11.9. The Labute approximate surface area is 211 Å². The van der Waals surface area contributed by atoms with Gasteiger partial charge in [-0.05, 0) is 80.0 Å². The van der Waals surface area contributed by atoms with Crippen molar-refractivity contribution < 1.29 is 9.53 Å². The molecule has 0 aliphatic carbocycles. The highest BCUT2D eigenvalue weighted by Crippen LogP contribution is 2.42. The maximum Gasteiger partial charge on any atom is 0.224 e. The van der Waals surface area contributed by atoms with E-state index in [4.69, 9.17) is 17.0 Å². The van der Waals surface area contributed by atoms with E-state index in [1.165, 1.54) is 0 Å². The van der Waals surface area contributed by atoms with Gasteiger partial charge in [0.25, 0.3) is 0 Å². The van der Waals surface area contributed by atoms with Gasteiger partial charge in [0.1, 0.15) is 6.04 Å². The third-order valence-corrected chi connectivity index (χ3v) is 7.09. The molecule has 1 aromatic carbocycles. The summed E-state index contributed by atoms with van der Waals surface area (Å²) in [4.78, 5) is 18.8. The molecule has 5 rings (SSSR count). The lowest BCUT2D eigenvalue weighted by Gasteiger charge is -2.30. The molecular weight excluding hydrogens is 458 g/mol. The molecule has 182 valence electrons. The zero-order valence-electron chi connectivity index (χ0n) is 20.1. The molecule has 0 spiro atoms. The minimum atomic E-state index is -0.110. The van der Waals surface area contributed by atoms with Gasteiger partial charge >= 0.3 is 0 Å². The first-order chi connectivity index (χ1) is 17.0. The molecule has 7 nitrogen and oxygen atoms in total. The van der Waals surface area contributed by atoms with Crippen molar-refractivity contribution in [3.05, 3.63) is 77.9 Å². The fraction of sp³-hybridized carbons (Fsp3) is 0.370. The average molecular weight is 490 g/mol. The van der Waals surface area contributed by atoms with Crippen molar-refractivity contribution in [2.75, 3.05) is 16.8 Å². The molecule has 35 heavy (non-hydrogen) atoms. The zero-order chi connectivity index (χ0) is 24.4. The number of ether oxygens (including phenoxy) is 1. The Morgan fingerprint density at radius 2 is 2.14 bits per heavy atom. The number of amides is 1. The van der Waals surface area contributed by atoms with Gasteiger partial charge in [-0.25, -0.2) is 0 Å². The first-order valence-corrected chi connectivity index (χ1v) is 12.6. The van der Waals surface area contributed by atoms with Gasteiger partial charge in [-0.2, -0.15) is 0 Å². The molecule has 3 atom stereocenters. The molecule has 3 aromatic rings. The Kier molecular flexibility index (Phi) is 6.83. The Morgan fingerprint density at radius 3 is 2.86 bits per heavy atom.